The molecular weight excluding hydrogens is 662 g/mol. The molecule has 0 unspecified atom stereocenters. The van der Waals surface area contributed by atoms with Crippen molar-refractivity contribution in [3.05, 3.63) is 42.0 Å². The van der Waals surface area contributed by atoms with Crippen LogP contribution in [0.1, 0.15) is 24.8 Å². The van der Waals surface area contributed by atoms with Gasteiger partial charge < -0.3 is 44.9 Å². The van der Waals surface area contributed by atoms with Crippen LogP contribution in [0.15, 0.2) is 36.4 Å². The normalized spacial score (nSPS) is 27.5. The molecule has 264 valence electrons. The fourth-order valence-electron chi connectivity index (χ4n) is 5.49. The number of ether oxygens (including phenoxy) is 3. The third-order valence-electron chi connectivity index (χ3n) is 7.95. The first kappa shape index (κ1) is 36.8. The zero-order valence-corrected chi connectivity index (χ0v) is 26.3. The number of carbonyl (C=O) groups excluding carboxylic acids is 4. The van der Waals surface area contributed by atoms with E-state index < -0.39 is 94.8 Å². The highest BCUT2D eigenvalue weighted by molar-refractivity contribution is 7.85. The van der Waals surface area contributed by atoms with Crippen molar-refractivity contribution < 1.29 is 71.6 Å². The number of hydrogen-bond acceptors (Lipinski definition) is 13. The number of imide groups is 1. The van der Waals surface area contributed by atoms with Crippen molar-refractivity contribution in [2.45, 2.75) is 68.5 Å². The van der Waals surface area contributed by atoms with Crippen LogP contribution in [0.2, 0.25) is 0 Å². The molecule has 2 fully saturated rings. The standard InChI is InChI=1S/C29H37N3O15S/c33-20(14-31-17(15-45-10-11-48(42,43)44)13-19(27(31)39)32-21(34)7-8-22(32)35)30-9-2-1-4-16-5-3-6-18(12-16)46-29-25(38)23(36)24(37)26(47-29)28(40)41/h3,5-8,12,17,19,23-26,29,36-38H,1-2,4,9-11,13-15H2,(H,30,33)(H,40,41)(H,42,43,44)/t17-,19-,23-,24-,25+,26-,29+/m0/s1. The Hall–Kier alpha value is -3.98. The molecule has 7 atom stereocenters. The molecule has 0 radical (unpaired) electrons. The number of carbonyl (C=O) groups is 5. The van der Waals surface area contributed by atoms with Crippen LogP contribution in [0.25, 0.3) is 0 Å². The first-order chi connectivity index (χ1) is 22.7. The largest absolute Gasteiger partial charge is 0.479 e. The van der Waals surface area contributed by atoms with E-state index >= 15 is 0 Å². The highest BCUT2D eigenvalue weighted by Gasteiger charge is 2.49. The van der Waals surface area contributed by atoms with Gasteiger partial charge in [-0.2, -0.15) is 8.42 Å². The second-order valence-corrected chi connectivity index (χ2v) is 13.0. The molecule has 0 spiro atoms. The van der Waals surface area contributed by atoms with Gasteiger partial charge in [-0.25, -0.2) is 4.79 Å². The van der Waals surface area contributed by atoms with Gasteiger partial charge in [-0.1, -0.05) is 12.1 Å². The fraction of sp³-hybridized carbons (Fsp3) is 0.552. The van der Waals surface area contributed by atoms with Crippen molar-refractivity contribution in [2.24, 2.45) is 0 Å². The SMILES string of the molecule is O=C(CN1C(=O)[C@@H](N2C(=O)C=CC2=O)C[C@H]1COCCS(=O)(=O)O)NCCCCc1cccc(O[C@@H]2O[C@H](C(=O)O)[C@@H](O)[C@H](O)[C@H]2O)c1. The maximum atomic E-state index is 13.2. The van der Waals surface area contributed by atoms with Gasteiger partial charge in [0, 0.05) is 25.1 Å². The number of amides is 4. The summed E-state index contributed by atoms with van der Waals surface area (Å²) in [6, 6.07) is 4.70. The van der Waals surface area contributed by atoms with Crippen LogP contribution in [0, 0.1) is 0 Å². The molecule has 18 nitrogen and oxygen atoms in total. The molecule has 6 N–H and O–H groups in total. The number of carboxylic acids is 1. The smallest absolute Gasteiger partial charge is 0.335 e. The van der Waals surface area contributed by atoms with Crippen LogP contribution in [-0.4, -0.2) is 148 Å². The van der Waals surface area contributed by atoms with Crippen LogP contribution in [-0.2, 0) is 50.0 Å². The Labute approximate surface area is 274 Å². The third-order valence-corrected chi connectivity index (χ3v) is 8.63. The minimum Gasteiger partial charge on any atom is -0.479 e. The van der Waals surface area contributed by atoms with E-state index in [4.69, 9.17) is 18.8 Å². The predicted molar refractivity (Wildman–Crippen MR) is 159 cm³/mol. The summed E-state index contributed by atoms with van der Waals surface area (Å²) >= 11 is 0. The van der Waals surface area contributed by atoms with Gasteiger partial charge in [0.2, 0.25) is 18.1 Å². The minimum atomic E-state index is -4.28. The van der Waals surface area contributed by atoms with E-state index in [9.17, 15) is 52.8 Å². The summed E-state index contributed by atoms with van der Waals surface area (Å²) in [5.74, 6) is -4.49. The van der Waals surface area contributed by atoms with Crippen molar-refractivity contribution in [1.29, 1.82) is 0 Å². The summed E-state index contributed by atoms with van der Waals surface area (Å²) < 4.78 is 46.9. The highest BCUT2D eigenvalue weighted by Crippen LogP contribution is 2.27. The lowest BCUT2D eigenvalue weighted by molar-refractivity contribution is -0.271. The molecule has 19 heteroatoms. The molecule has 0 saturated carbocycles. The third kappa shape index (κ3) is 9.34. The molecule has 1 aromatic carbocycles. The minimum absolute atomic E-state index is 0.0333. The number of unbranched alkanes of at least 4 members (excludes halogenated alkanes) is 1. The molecular formula is C29H37N3O15S. The quantitative estimate of drug-likeness (QED) is 0.0578. The van der Waals surface area contributed by atoms with Gasteiger partial charge in [0.1, 0.15) is 30.1 Å². The molecule has 2 saturated heterocycles. The number of carboxylic acid groups (broad SMARTS) is 1. The maximum absolute atomic E-state index is 13.2. The number of rotatable bonds is 16. The van der Waals surface area contributed by atoms with Crippen molar-refractivity contribution in [1.82, 2.24) is 15.1 Å². The van der Waals surface area contributed by atoms with Crippen LogP contribution < -0.4 is 10.1 Å². The Kier molecular flexibility index (Phi) is 12.2. The second kappa shape index (κ2) is 15.9. The fourth-order valence-corrected chi connectivity index (χ4v) is 5.82. The molecule has 1 aromatic rings. The van der Waals surface area contributed by atoms with Gasteiger partial charge in [-0.15, -0.1) is 0 Å². The number of aryl methyl sites for hydroxylation is 1. The second-order valence-electron chi connectivity index (χ2n) is 11.4. The van der Waals surface area contributed by atoms with Crippen LogP contribution in [0.5, 0.6) is 5.75 Å². The lowest BCUT2D eigenvalue weighted by Gasteiger charge is -2.38. The van der Waals surface area contributed by atoms with Crippen molar-refractivity contribution in [3.63, 3.8) is 0 Å². The van der Waals surface area contributed by atoms with E-state index in [-0.39, 0.29) is 31.9 Å². The number of aliphatic hydroxyl groups is 3. The highest BCUT2D eigenvalue weighted by atomic mass is 32.2. The average Bonchev–Trinajstić information content (AvgIpc) is 3.51. The van der Waals surface area contributed by atoms with Crippen molar-refractivity contribution in [3.8, 4) is 5.75 Å². The number of aliphatic hydroxyl groups excluding tert-OH is 3. The maximum Gasteiger partial charge on any atom is 0.335 e. The summed E-state index contributed by atoms with van der Waals surface area (Å²) in [7, 11) is -4.28. The number of nitrogens with zero attached hydrogens (tertiary/aromatic N) is 2. The molecule has 3 aliphatic rings. The number of hydrogen-bond donors (Lipinski definition) is 6. The van der Waals surface area contributed by atoms with E-state index in [1.165, 1.54) is 11.0 Å². The van der Waals surface area contributed by atoms with Gasteiger partial charge >= 0.3 is 5.97 Å². The molecule has 4 rings (SSSR count). The van der Waals surface area contributed by atoms with Gasteiger partial charge in [0.05, 0.1) is 31.6 Å². The Morgan fingerprint density at radius 2 is 1.73 bits per heavy atom. The summed E-state index contributed by atoms with van der Waals surface area (Å²) in [5.41, 5.74) is 0.797. The molecule has 48 heavy (non-hydrogen) atoms. The zero-order valence-electron chi connectivity index (χ0n) is 25.5. The molecule has 3 heterocycles. The Bertz CT molecular complexity index is 1500. The Balaban J connectivity index is 1.25. The lowest BCUT2D eigenvalue weighted by atomic mass is 9.99. The average molecular weight is 700 g/mol. The molecule has 0 bridgehead atoms. The summed E-state index contributed by atoms with van der Waals surface area (Å²) in [6.07, 6.45) is -5.02. The molecule has 0 aliphatic carbocycles. The van der Waals surface area contributed by atoms with Crippen LogP contribution >= 0.6 is 0 Å². The van der Waals surface area contributed by atoms with Gasteiger partial charge in [-0.3, -0.25) is 28.6 Å². The zero-order chi connectivity index (χ0) is 35.2. The first-order valence-corrected chi connectivity index (χ1v) is 16.6. The van der Waals surface area contributed by atoms with Gasteiger partial charge in [0.25, 0.3) is 21.9 Å². The summed E-state index contributed by atoms with van der Waals surface area (Å²) in [4.78, 5) is 63.7. The van der Waals surface area contributed by atoms with E-state index in [1.54, 1.807) is 18.2 Å². The Morgan fingerprint density at radius 1 is 1.02 bits per heavy atom. The Morgan fingerprint density at radius 3 is 2.40 bits per heavy atom. The number of nitrogens with one attached hydrogen (secondary N) is 1. The monoisotopic (exact) mass is 699 g/mol. The first-order valence-electron chi connectivity index (χ1n) is 15.0. The van der Waals surface area contributed by atoms with E-state index in [0.29, 0.717) is 19.3 Å². The van der Waals surface area contributed by atoms with Crippen LogP contribution in [0.3, 0.4) is 0 Å². The number of likely N-dealkylation sites (tertiary alicyclic amines) is 1. The van der Waals surface area contributed by atoms with Crippen LogP contribution in [0.4, 0.5) is 0 Å². The topological polar surface area (TPSA) is 267 Å². The summed E-state index contributed by atoms with van der Waals surface area (Å²) in [6.45, 7) is -0.747. The number of benzene rings is 1. The molecule has 0 aromatic heterocycles. The van der Waals surface area contributed by atoms with Gasteiger partial charge in [0.15, 0.2) is 6.10 Å². The lowest BCUT2D eigenvalue weighted by Crippen LogP contribution is -2.61. The van der Waals surface area contributed by atoms with Crippen molar-refractivity contribution >= 4 is 39.7 Å². The number of aliphatic carboxylic acids is 1. The molecule has 3 aliphatic heterocycles. The molecule has 4 amide bonds. The summed E-state index contributed by atoms with van der Waals surface area (Å²) in [5, 5.41) is 41.9. The predicted octanol–water partition coefficient (Wildman–Crippen LogP) is -2.80. The van der Waals surface area contributed by atoms with E-state index in [1.807, 2.05) is 0 Å². The van der Waals surface area contributed by atoms with Crippen molar-refractivity contribution in [2.75, 3.05) is 32.1 Å². The van der Waals surface area contributed by atoms with E-state index in [0.717, 1.165) is 22.6 Å². The van der Waals surface area contributed by atoms with Gasteiger partial charge in [-0.05, 0) is 37.0 Å². The van der Waals surface area contributed by atoms with E-state index in [2.05, 4.69) is 5.32 Å².